The summed E-state index contributed by atoms with van der Waals surface area (Å²) in [5, 5.41) is 23.3. The highest BCUT2D eigenvalue weighted by molar-refractivity contribution is 5.61. The molecule has 1 saturated heterocycles. The zero-order chi connectivity index (χ0) is 16.1. The van der Waals surface area contributed by atoms with Gasteiger partial charge in [0.1, 0.15) is 6.07 Å². The van der Waals surface area contributed by atoms with Gasteiger partial charge in [0.15, 0.2) is 0 Å². The van der Waals surface area contributed by atoms with Gasteiger partial charge in [0.05, 0.1) is 16.2 Å². The molecule has 2 rings (SSSR count). The summed E-state index contributed by atoms with van der Waals surface area (Å²) in [5.41, 5.74) is 0.975. The molecule has 0 spiro atoms. The molecule has 0 unspecified atom stereocenters. The van der Waals surface area contributed by atoms with E-state index in [1.165, 1.54) is 12.1 Å². The van der Waals surface area contributed by atoms with Crippen LogP contribution >= 0.6 is 0 Å². The number of nitriles is 1. The minimum absolute atomic E-state index is 0.0474. The summed E-state index contributed by atoms with van der Waals surface area (Å²) >= 11 is 0. The summed E-state index contributed by atoms with van der Waals surface area (Å²) in [4.78, 5) is 12.7. The molecule has 1 aromatic rings. The average molecular weight is 302 g/mol. The molecule has 0 bridgehead atoms. The van der Waals surface area contributed by atoms with Crippen molar-refractivity contribution >= 4 is 11.4 Å². The molecule has 0 aliphatic carbocycles. The summed E-state index contributed by atoms with van der Waals surface area (Å²) in [6, 6.07) is 6.76. The Morgan fingerprint density at radius 3 is 2.68 bits per heavy atom. The number of rotatable bonds is 5. The van der Waals surface area contributed by atoms with Gasteiger partial charge in [0, 0.05) is 37.8 Å². The van der Waals surface area contributed by atoms with Crippen LogP contribution in [0.2, 0.25) is 0 Å². The molecule has 1 heterocycles. The second kappa shape index (κ2) is 7.23. The normalized spacial score (nSPS) is 16.5. The molecular formula is C16H22N4O2. The SMILES string of the molecule is CC(C)CN1CCC(Nc2ccc([N+](=O)[O-])cc2C#N)CC1. The number of hydrogen-bond donors (Lipinski definition) is 1. The van der Waals surface area contributed by atoms with Crippen molar-refractivity contribution in [2.24, 2.45) is 5.92 Å². The second-order valence-corrected chi connectivity index (χ2v) is 6.21. The number of non-ortho nitro benzene ring substituents is 1. The highest BCUT2D eigenvalue weighted by atomic mass is 16.6. The van der Waals surface area contributed by atoms with Crippen molar-refractivity contribution < 1.29 is 4.92 Å². The lowest BCUT2D eigenvalue weighted by Gasteiger charge is -2.33. The first-order valence-electron chi connectivity index (χ1n) is 7.67. The van der Waals surface area contributed by atoms with Crippen molar-refractivity contribution in [2.45, 2.75) is 32.7 Å². The third kappa shape index (κ3) is 4.18. The van der Waals surface area contributed by atoms with E-state index in [0.29, 0.717) is 23.2 Å². The van der Waals surface area contributed by atoms with Crippen LogP contribution in [0.15, 0.2) is 18.2 Å². The van der Waals surface area contributed by atoms with E-state index >= 15 is 0 Å². The van der Waals surface area contributed by atoms with Crippen LogP contribution in [-0.2, 0) is 0 Å². The van der Waals surface area contributed by atoms with Gasteiger partial charge in [0.25, 0.3) is 5.69 Å². The number of nitro benzene ring substituents is 1. The van der Waals surface area contributed by atoms with Crippen molar-refractivity contribution in [3.63, 3.8) is 0 Å². The molecule has 1 aliphatic rings. The van der Waals surface area contributed by atoms with E-state index in [0.717, 1.165) is 32.5 Å². The molecule has 0 saturated carbocycles. The van der Waals surface area contributed by atoms with Gasteiger partial charge >= 0.3 is 0 Å². The summed E-state index contributed by atoms with van der Waals surface area (Å²) in [6.45, 7) is 7.66. The Labute approximate surface area is 130 Å². The fourth-order valence-electron chi connectivity index (χ4n) is 2.86. The van der Waals surface area contributed by atoms with E-state index in [1.54, 1.807) is 6.07 Å². The Hall–Kier alpha value is -2.13. The highest BCUT2D eigenvalue weighted by Gasteiger charge is 2.20. The number of hydrogen-bond acceptors (Lipinski definition) is 5. The zero-order valence-corrected chi connectivity index (χ0v) is 13.1. The summed E-state index contributed by atoms with van der Waals surface area (Å²) < 4.78 is 0. The van der Waals surface area contributed by atoms with Gasteiger partial charge in [-0.05, 0) is 24.8 Å². The van der Waals surface area contributed by atoms with Gasteiger partial charge in [-0.15, -0.1) is 0 Å². The third-order valence-corrected chi connectivity index (χ3v) is 3.90. The van der Waals surface area contributed by atoms with Crippen molar-refractivity contribution in [1.29, 1.82) is 5.26 Å². The number of piperidine rings is 1. The van der Waals surface area contributed by atoms with Gasteiger partial charge < -0.3 is 10.2 Å². The molecule has 22 heavy (non-hydrogen) atoms. The number of nitrogens with zero attached hydrogens (tertiary/aromatic N) is 3. The van der Waals surface area contributed by atoms with Crippen LogP contribution in [0, 0.1) is 27.4 Å². The lowest BCUT2D eigenvalue weighted by Crippen LogP contribution is -2.40. The van der Waals surface area contributed by atoms with E-state index in [9.17, 15) is 15.4 Å². The fraction of sp³-hybridized carbons (Fsp3) is 0.562. The molecule has 6 heteroatoms. The van der Waals surface area contributed by atoms with Crippen LogP contribution in [0.3, 0.4) is 0 Å². The molecule has 0 aromatic heterocycles. The zero-order valence-electron chi connectivity index (χ0n) is 13.1. The van der Waals surface area contributed by atoms with Crippen molar-refractivity contribution in [2.75, 3.05) is 25.0 Å². The van der Waals surface area contributed by atoms with Gasteiger partial charge in [-0.1, -0.05) is 13.8 Å². The predicted octanol–water partition coefficient (Wildman–Crippen LogP) is 3.00. The molecule has 0 radical (unpaired) electrons. The first-order valence-corrected chi connectivity index (χ1v) is 7.67. The monoisotopic (exact) mass is 302 g/mol. The van der Waals surface area contributed by atoms with Crippen molar-refractivity contribution in [3.8, 4) is 6.07 Å². The van der Waals surface area contributed by atoms with Gasteiger partial charge in [0.2, 0.25) is 0 Å². The molecular weight excluding hydrogens is 280 g/mol. The molecule has 1 N–H and O–H groups in total. The number of nitro groups is 1. The average Bonchev–Trinajstić information content (AvgIpc) is 2.49. The number of benzene rings is 1. The molecule has 1 aliphatic heterocycles. The van der Waals surface area contributed by atoms with Gasteiger partial charge in [-0.2, -0.15) is 5.26 Å². The molecule has 0 amide bonds. The van der Waals surface area contributed by atoms with Crippen LogP contribution in [0.25, 0.3) is 0 Å². The topological polar surface area (TPSA) is 82.2 Å². The Morgan fingerprint density at radius 1 is 1.45 bits per heavy atom. The first kappa shape index (κ1) is 16.2. The standard InChI is InChI=1S/C16H22N4O2/c1-12(2)11-19-7-5-14(6-8-19)18-16-4-3-15(20(21)22)9-13(16)10-17/h3-4,9,12,14,18H,5-8,11H2,1-2H3. The van der Waals surface area contributed by atoms with E-state index in [4.69, 9.17) is 0 Å². The quantitative estimate of drug-likeness (QED) is 0.668. The third-order valence-electron chi connectivity index (χ3n) is 3.90. The minimum Gasteiger partial charge on any atom is -0.381 e. The van der Waals surface area contributed by atoms with Crippen LogP contribution < -0.4 is 5.32 Å². The lowest BCUT2D eigenvalue weighted by atomic mass is 10.0. The van der Waals surface area contributed by atoms with Gasteiger partial charge in [-0.3, -0.25) is 10.1 Å². The maximum atomic E-state index is 10.8. The lowest BCUT2D eigenvalue weighted by molar-refractivity contribution is -0.384. The Balaban J connectivity index is 1.98. The Morgan fingerprint density at radius 2 is 2.14 bits per heavy atom. The highest BCUT2D eigenvalue weighted by Crippen LogP contribution is 2.24. The maximum absolute atomic E-state index is 10.8. The molecule has 6 nitrogen and oxygen atoms in total. The summed E-state index contributed by atoms with van der Waals surface area (Å²) in [6.07, 6.45) is 2.04. The van der Waals surface area contributed by atoms with Gasteiger partial charge in [-0.25, -0.2) is 0 Å². The largest absolute Gasteiger partial charge is 0.381 e. The van der Waals surface area contributed by atoms with E-state index < -0.39 is 4.92 Å². The Kier molecular flexibility index (Phi) is 5.34. The smallest absolute Gasteiger partial charge is 0.270 e. The molecule has 0 atom stereocenters. The Bertz CT molecular complexity index is 572. The molecule has 1 fully saturated rings. The summed E-state index contributed by atoms with van der Waals surface area (Å²) in [5.74, 6) is 0.671. The van der Waals surface area contributed by atoms with Crippen molar-refractivity contribution in [3.05, 3.63) is 33.9 Å². The molecule has 1 aromatic carbocycles. The summed E-state index contributed by atoms with van der Waals surface area (Å²) in [7, 11) is 0. The predicted molar refractivity (Wildman–Crippen MR) is 85.7 cm³/mol. The van der Waals surface area contributed by atoms with Crippen molar-refractivity contribution in [1.82, 2.24) is 4.90 Å². The van der Waals surface area contributed by atoms with E-state index in [1.807, 2.05) is 6.07 Å². The van der Waals surface area contributed by atoms with E-state index in [2.05, 4.69) is 24.1 Å². The minimum atomic E-state index is -0.477. The number of nitrogens with one attached hydrogen (secondary N) is 1. The molecule has 118 valence electrons. The number of likely N-dealkylation sites (tertiary alicyclic amines) is 1. The van der Waals surface area contributed by atoms with Crippen LogP contribution in [0.5, 0.6) is 0 Å². The van der Waals surface area contributed by atoms with Crippen LogP contribution in [0.4, 0.5) is 11.4 Å². The van der Waals surface area contributed by atoms with E-state index in [-0.39, 0.29) is 5.69 Å². The van der Waals surface area contributed by atoms with Crippen LogP contribution in [0.1, 0.15) is 32.3 Å². The first-order chi connectivity index (χ1) is 10.5. The fourth-order valence-corrected chi connectivity index (χ4v) is 2.86. The maximum Gasteiger partial charge on any atom is 0.270 e. The van der Waals surface area contributed by atoms with Crippen LogP contribution in [-0.4, -0.2) is 35.5 Å². The number of anilines is 1. The second-order valence-electron chi connectivity index (χ2n) is 6.21.